The van der Waals surface area contributed by atoms with E-state index in [4.69, 9.17) is 17.4 Å². The van der Waals surface area contributed by atoms with Crippen LogP contribution in [0.15, 0.2) is 29.4 Å². The van der Waals surface area contributed by atoms with E-state index in [2.05, 4.69) is 9.84 Å². The SMILES string of the molecule is COC(=O)/C(Cc1ccc(Cl)cc1)=N\N. The molecule has 1 aromatic rings. The number of carbonyl (C=O) groups is 1. The van der Waals surface area contributed by atoms with E-state index in [1.165, 1.54) is 7.11 Å². The molecule has 0 heterocycles. The van der Waals surface area contributed by atoms with Crippen LogP contribution in [-0.4, -0.2) is 18.8 Å². The molecule has 2 N–H and O–H groups in total. The molecule has 0 fully saturated rings. The van der Waals surface area contributed by atoms with Crippen molar-refractivity contribution in [1.82, 2.24) is 0 Å². The van der Waals surface area contributed by atoms with Crippen molar-refractivity contribution in [2.75, 3.05) is 7.11 Å². The van der Waals surface area contributed by atoms with Crippen LogP contribution in [0.4, 0.5) is 0 Å². The molecule has 1 aromatic carbocycles. The van der Waals surface area contributed by atoms with E-state index in [1.807, 2.05) is 0 Å². The van der Waals surface area contributed by atoms with Crippen LogP contribution in [0.2, 0.25) is 5.02 Å². The van der Waals surface area contributed by atoms with E-state index < -0.39 is 5.97 Å². The Morgan fingerprint density at radius 2 is 2.07 bits per heavy atom. The molecule has 0 amide bonds. The molecule has 0 saturated carbocycles. The Balaban J connectivity index is 2.76. The molecule has 0 atom stereocenters. The first-order valence-corrected chi connectivity index (χ1v) is 4.64. The lowest BCUT2D eigenvalue weighted by Crippen LogP contribution is -2.20. The first-order valence-electron chi connectivity index (χ1n) is 4.27. The minimum Gasteiger partial charge on any atom is -0.464 e. The molecule has 4 nitrogen and oxygen atoms in total. The molecule has 80 valence electrons. The molecule has 0 spiro atoms. The highest BCUT2D eigenvalue weighted by atomic mass is 35.5. The quantitative estimate of drug-likeness (QED) is 0.366. The van der Waals surface area contributed by atoms with Gasteiger partial charge in [-0.15, -0.1) is 0 Å². The van der Waals surface area contributed by atoms with Crippen LogP contribution in [0.5, 0.6) is 0 Å². The first kappa shape index (κ1) is 11.5. The van der Waals surface area contributed by atoms with E-state index in [1.54, 1.807) is 24.3 Å². The molecule has 0 aromatic heterocycles. The standard InChI is InChI=1S/C10H11ClN2O2/c1-15-10(14)9(13-12)6-7-2-4-8(11)5-3-7/h2-5H,6,12H2,1H3/b13-9-. The van der Waals surface area contributed by atoms with E-state index >= 15 is 0 Å². The number of rotatable bonds is 3. The number of hydrogen-bond donors (Lipinski definition) is 1. The molecule has 0 saturated heterocycles. The lowest BCUT2D eigenvalue weighted by Gasteiger charge is -2.03. The summed E-state index contributed by atoms with van der Waals surface area (Å²) in [6, 6.07) is 7.08. The lowest BCUT2D eigenvalue weighted by atomic mass is 10.1. The molecular formula is C10H11ClN2O2. The normalized spacial score (nSPS) is 11.2. The molecular weight excluding hydrogens is 216 g/mol. The number of benzene rings is 1. The number of esters is 1. The second-order valence-electron chi connectivity index (χ2n) is 2.87. The van der Waals surface area contributed by atoms with Gasteiger partial charge in [-0.3, -0.25) is 0 Å². The van der Waals surface area contributed by atoms with Crippen LogP contribution >= 0.6 is 11.6 Å². The number of nitrogens with zero attached hydrogens (tertiary/aromatic N) is 1. The van der Waals surface area contributed by atoms with Crippen LogP contribution in [0, 0.1) is 0 Å². The third-order valence-electron chi connectivity index (χ3n) is 1.86. The minimum absolute atomic E-state index is 0.180. The van der Waals surface area contributed by atoms with Crippen molar-refractivity contribution in [1.29, 1.82) is 0 Å². The maximum absolute atomic E-state index is 11.2. The van der Waals surface area contributed by atoms with Crippen molar-refractivity contribution in [2.24, 2.45) is 10.9 Å². The van der Waals surface area contributed by atoms with Crippen molar-refractivity contribution >= 4 is 23.3 Å². The maximum Gasteiger partial charge on any atom is 0.354 e. The Kier molecular flexibility index (Phi) is 4.12. The fraction of sp³-hybridized carbons (Fsp3) is 0.200. The highest BCUT2D eigenvalue weighted by Crippen LogP contribution is 2.10. The summed E-state index contributed by atoms with van der Waals surface area (Å²) in [6.45, 7) is 0. The van der Waals surface area contributed by atoms with Crippen molar-refractivity contribution in [3.63, 3.8) is 0 Å². The molecule has 1 rings (SSSR count). The Morgan fingerprint density at radius 3 is 2.53 bits per heavy atom. The molecule has 0 aliphatic rings. The third-order valence-corrected chi connectivity index (χ3v) is 2.11. The minimum atomic E-state index is -0.521. The second-order valence-corrected chi connectivity index (χ2v) is 3.31. The van der Waals surface area contributed by atoms with Crippen LogP contribution in [0.1, 0.15) is 5.56 Å². The molecule has 0 aliphatic carbocycles. The maximum atomic E-state index is 11.2. The molecule has 0 aliphatic heterocycles. The fourth-order valence-electron chi connectivity index (χ4n) is 1.08. The van der Waals surface area contributed by atoms with Gasteiger partial charge in [-0.05, 0) is 17.7 Å². The van der Waals surface area contributed by atoms with Gasteiger partial charge in [-0.25, -0.2) is 4.79 Å². The van der Waals surface area contributed by atoms with Gasteiger partial charge in [0.15, 0.2) is 0 Å². The number of halogens is 1. The second kappa shape index (κ2) is 5.36. The lowest BCUT2D eigenvalue weighted by molar-refractivity contribution is -0.132. The molecule has 0 radical (unpaired) electrons. The summed E-state index contributed by atoms with van der Waals surface area (Å²) in [7, 11) is 1.29. The predicted molar refractivity (Wildman–Crippen MR) is 58.8 cm³/mol. The average Bonchev–Trinajstić information content (AvgIpc) is 2.27. The van der Waals surface area contributed by atoms with Gasteiger partial charge in [0.1, 0.15) is 5.71 Å². The van der Waals surface area contributed by atoms with Crippen LogP contribution in [0.25, 0.3) is 0 Å². The van der Waals surface area contributed by atoms with Gasteiger partial charge in [0, 0.05) is 11.4 Å². The van der Waals surface area contributed by atoms with E-state index in [0.717, 1.165) is 5.56 Å². The van der Waals surface area contributed by atoms with Crippen molar-refractivity contribution in [3.05, 3.63) is 34.9 Å². The summed E-state index contributed by atoms with van der Waals surface area (Å²) >= 11 is 5.73. The van der Waals surface area contributed by atoms with Gasteiger partial charge in [0.05, 0.1) is 7.11 Å². The Hall–Kier alpha value is -1.55. The predicted octanol–water partition coefficient (Wildman–Crippen LogP) is 1.37. The van der Waals surface area contributed by atoms with Gasteiger partial charge in [-0.1, -0.05) is 23.7 Å². The van der Waals surface area contributed by atoms with Crippen LogP contribution < -0.4 is 5.84 Å². The first-order chi connectivity index (χ1) is 7.17. The summed E-state index contributed by atoms with van der Waals surface area (Å²) in [5, 5.41) is 4.03. The molecule has 0 bridgehead atoms. The summed E-state index contributed by atoms with van der Waals surface area (Å²) in [5.74, 6) is 4.57. The Morgan fingerprint density at radius 1 is 1.47 bits per heavy atom. The summed E-state index contributed by atoms with van der Waals surface area (Å²) in [6.07, 6.45) is 0.334. The zero-order valence-corrected chi connectivity index (χ0v) is 8.99. The van der Waals surface area contributed by atoms with E-state index in [9.17, 15) is 4.79 Å². The van der Waals surface area contributed by atoms with Gasteiger partial charge >= 0.3 is 5.97 Å². The number of hydrazone groups is 1. The highest BCUT2D eigenvalue weighted by molar-refractivity contribution is 6.36. The van der Waals surface area contributed by atoms with E-state index in [-0.39, 0.29) is 5.71 Å². The number of ether oxygens (including phenoxy) is 1. The monoisotopic (exact) mass is 226 g/mol. The molecule has 0 unspecified atom stereocenters. The smallest absolute Gasteiger partial charge is 0.354 e. The Bertz CT molecular complexity index is 374. The highest BCUT2D eigenvalue weighted by Gasteiger charge is 2.11. The van der Waals surface area contributed by atoms with E-state index in [0.29, 0.717) is 11.4 Å². The number of nitrogens with two attached hydrogens (primary N) is 1. The fourth-order valence-corrected chi connectivity index (χ4v) is 1.21. The van der Waals surface area contributed by atoms with Crippen LogP contribution in [-0.2, 0) is 16.0 Å². The topological polar surface area (TPSA) is 64.7 Å². The van der Waals surface area contributed by atoms with Crippen molar-refractivity contribution in [3.8, 4) is 0 Å². The zero-order valence-electron chi connectivity index (χ0n) is 8.24. The summed E-state index contributed by atoms with van der Waals surface area (Å²) in [4.78, 5) is 11.2. The number of methoxy groups -OCH3 is 1. The number of carbonyl (C=O) groups excluding carboxylic acids is 1. The van der Waals surface area contributed by atoms with Crippen molar-refractivity contribution < 1.29 is 9.53 Å². The van der Waals surface area contributed by atoms with Crippen LogP contribution in [0.3, 0.4) is 0 Å². The third kappa shape index (κ3) is 3.25. The van der Waals surface area contributed by atoms with Gasteiger partial charge in [0.25, 0.3) is 0 Å². The van der Waals surface area contributed by atoms with Gasteiger partial charge < -0.3 is 10.6 Å². The Labute approximate surface area is 92.7 Å². The molecule has 5 heteroatoms. The van der Waals surface area contributed by atoms with Gasteiger partial charge in [-0.2, -0.15) is 5.10 Å². The number of hydrogen-bond acceptors (Lipinski definition) is 4. The summed E-state index contributed by atoms with van der Waals surface area (Å²) < 4.78 is 4.52. The average molecular weight is 227 g/mol. The zero-order chi connectivity index (χ0) is 11.3. The summed E-state index contributed by atoms with van der Waals surface area (Å²) in [5.41, 5.74) is 1.08. The van der Waals surface area contributed by atoms with Gasteiger partial charge in [0.2, 0.25) is 0 Å². The largest absolute Gasteiger partial charge is 0.464 e. The van der Waals surface area contributed by atoms with Crippen molar-refractivity contribution in [2.45, 2.75) is 6.42 Å². The molecule has 15 heavy (non-hydrogen) atoms.